The van der Waals surface area contributed by atoms with E-state index in [0.717, 1.165) is 22.4 Å². The topological polar surface area (TPSA) is 0 Å². The summed E-state index contributed by atoms with van der Waals surface area (Å²) in [6.07, 6.45) is 4.56. The second-order valence-electron chi connectivity index (χ2n) is 14.2. The molecular weight excluding hydrogens is 640 g/mol. The molecule has 0 atom stereocenters. The van der Waals surface area contributed by atoms with Crippen LogP contribution < -0.4 is 5.19 Å². The minimum Gasteiger partial charge on any atom is -0.343 e. The van der Waals surface area contributed by atoms with Crippen molar-refractivity contribution in [1.29, 1.82) is 0 Å². The van der Waals surface area contributed by atoms with E-state index in [1.54, 1.807) is 0 Å². The van der Waals surface area contributed by atoms with Gasteiger partial charge < -0.3 is 13.8 Å². The fourth-order valence-corrected chi connectivity index (χ4v) is 5.80. The maximum Gasteiger partial charge on any atom is 4.00 e. The molecule has 0 nitrogen and oxygen atoms in total. The van der Waals surface area contributed by atoms with Gasteiger partial charge in [-0.3, -0.25) is 0 Å². The first-order chi connectivity index (χ1) is 22.7. The van der Waals surface area contributed by atoms with E-state index in [0.29, 0.717) is 23.7 Å². The Labute approximate surface area is 321 Å². The number of unbranched alkanes of at least 4 members (excludes halogenated alkanes) is 2. The van der Waals surface area contributed by atoms with E-state index in [1.807, 2.05) is 6.07 Å². The molecule has 0 heterocycles. The Bertz CT molecular complexity index is 1460. The minimum atomic E-state index is 0. The van der Waals surface area contributed by atoms with Crippen LogP contribution in [-0.2, 0) is 21.7 Å². The van der Waals surface area contributed by atoms with Crippen molar-refractivity contribution in [3.05, 3.63) is 126 Å². The molecule has 0 bridgehead atoms. The van der Waals surface area contributed by atoms with Gasteiger partial charge in [0.2, 0.25) is 0 Å². The molecule has 0 amide bonds. The van der Waals surface area contributed by atoms with Crippen molar-refractivity contribution in [2.24, 2.45) is 0 Å². The summed E-state index contributed by atoms with van der Waals surface area (Å²) in [5.74, 6) is 2.42. The van der Waals surface area contributed by atoms with E-state index in [2.05, 4.69) is 176 Å². The van der Waals surface area contributed by atoms with Crippen LogP contribution in [0.1, 0.15) is 152 Å². The van der Waals surface area contributed by atoms with Gasteiger partial charge in [0.25, 0.3) is 0 Å². The van der Waals surface area contributed by atoms with Crippen LogP contribution in [0.2, 0.25) is 6.55 Å². The number of rotatable bonds is 7. The predicted octanol–water partition coefficient (Wildman–Crippen LogP) is 14.5. The fourth-order valence-electron chi connectivity index (χ4n) is 5.27. The van der Waals surface area contributed by atoms with E-state index >= 15 is 0 Å². The molecule has 0 saturated heterocycles. The first-order valence-electron chi connectivity index (χ1n) is 18.5. The third-order valence-electron chi connectivity index (χ3n) is 8.39. The average molecular weight is 709 g/mol. The molecule has 2 heteroatoms. The second kappa shape index (κ2) is 24.9. The summed E-state index contributed by atoms with van der Waals surface area (Å²) in [5, 5.41) is 7.14. The van der Waals surface area contributed by atoms with E-state index in [-0.39, 0.29) is 21.7 Å². The summed E-state index contributed by atoms with van der Waals surface area (Å²) in [6.45, 7) is 36.2. The Balaban J connectivity index is 0.000000652. The number of hydrogen-bond acceptors (Lipinski definition) is 0. The Morgan fingerprint density at radius 1 is 0.571 bits per heavy atom. The van der Waals surface area contributed by atoms with E-state index < -0.39 is 0 Å². The van der Waals surface area contributed by atoms with Crippen LogP contribution in [0, 0.1) is 27.7 Å². The normalized spacial score (nSPS) is 10.5. The molecule has 264 valence electrons. The number of benzene rings is 3. The van der Waals surface area contributed by atoms with Crippen LogP contribution in [0.4, 0.5) is 0 Å². The predicted molar refractivity (Wildman–Crippen MR) is 223 cm³/mol. The van der Waals surface area contributed by atoms with Crippen LogP contribution in [0.3, 0.4) is 0 Å². The molecule has 0 N–H and O–H groups in total. The Hall–Kier alpha value is -2.19. The zero-order valence-electron chi connectivity index (χ0n) is 33.6. The monoisotopic (exact) mass is 708 g/mol. The van der Waals surface area contributed by atoms with Gasteiger partial charge in [-0.05, 0) is 23.7 Å². The van der Waals surface area contributed by atoms with Crippen molar-refractivity contribution in [2.75, 3.05) is 0 Å². The molecule has 5 aromatic rings. The van der Waals surface area contributed by atoms with Crippen LogP contribution in [0.25, 0.3) is 21.5 Å². The Morgan fingerprint density at radius 2 is 0.918 bits per heavy atom. The fraction of sp³-hybridized carbons (Fsp3) is 0.447. The van der Waals surface area contributed by atoms with E-state index in [1.165, 1.54) is 73.0 Å². The Morgan fingerprint density at radius 3 is 1.16 bits per heavy atom. The number of aryl methyl sites for hydroxylation is 2. The van der Waals surface area contributed by atoms with Crippen molar-refractivity contribution in [1.82, 2.24) is 0 Å². The summed E-state index contributed by atoms with van der Waals surface area (Å²) < 4.78 is 0. The van der Waals surface area contributed by atoms with Gasteiger partial charge in [0.1, 0.15) is 0 Å². The Kier molecular flexibility index (Phi) is 23.8. The third kappa shape index (κ3) is 16.1. The maximum atomic E-state index is 3.60. The number of fused-ring (bicyclic) bond motifs is 2. The molecule has 0 saturated carbocycles. The third-order valence-corrected chi connectivity index (χ3v) is 9.30. The summed E-state index contributed by atoms with van der Waals surface area (Å²) in [4.78, 5) is 0. The van der Waals surface area contributed by atoms with Gasteiger partial charge in [-0.15, -0.1) is 56.9 Å². The SMILES string of the molecule is C[Si]c1ccccc1.Cc1cc2c(C(C)C)cc(C(C)C)cc2[cH-]1.Cc1cc2c(C(C)C)cc(C(C)C)cc2[cH-]1.[CH2-]CCC.[CH2-]CCC.[Ti+4]. The van der Waals surface area contributed by atoms with Gasteiger partial charge in [-0.25, -0.2) is 0 Å². The molecule has 0 aliphatic carbocycles. The zero-order chi connectivity index (χ0) is 36.4. The van der Waals surface area contributed by atoms with Crippen LogP contribution in [0.15, 0.2) is 78.9 Å². The quantitative estimate of drug-likeness (QED) is 0.117. The van der Waals surface area contributed by atoms with Crippen LogP contribution >= 0.6 is 0 Å². The molecule has 5 aromatic carbocycles. The molecule has 2 radical (unpaired) electrons. The van der Waals surface area contributed by atoms with Gasteiger partial charge in [0.15, 0.2) is 0 Å². The standard InChI is InChI=1S/2C16H21.C7H8Si.2C4H9.Ti/c2*1-10(2)13-8-14-6-12(5)7-16(14)15(9-13)11(3)4;1-8-7-5-3-2-4-6-7;2*1-3-4-2;/h2*6-11H,1-5H3;2-6H,1H3;2*1,3-4H2,2H3;/q2*-1;;2*-1;+4. The molecule has 0 unspecified atom stereocenters. The maximum absolute atomic E-state index is 3.60. The van der Waals surface area contributed by atoms with Crippen molar-refractivity contribution in [2.45, 2.75) is 139 Å². The van der Waals surface area contributed by atoms with Crippen LogP contribution in [0.5, 0.6) is 0 Å². The van der Waals surface area contributed by atoms with Crippen LogP contribution in [-0.4, -0.2) is 9.52 Å². The summed E-state index contributed by atoms with van der Waals surface area (Å²) in [7, 11) is 0.930. The molecule has 0 aromatic heterocycles. The molecule has 0 spiro atoms. The summed E-state index contributed by atoms with van der Waals surface area (Å²) in [6, 6.07) is 29.2. The molecular formula is C47H68SiTi. The summed E-state index contributed by atoms with van der Waals surface area (Å²) >= 11 is 0. The zero-order valence-corrected chi connectivity index (χ0v) is 36.1. The first kappa shape index (κ1) is 46.8. The van der Waals surface area contributed by atoms with Crippen molar-refractivity contribution in [3.63, 3.8) is 0 Å². The number of hydrogen-bond donors (Lipinski definition) is 0. The molecule has 0 aliphatic rings. The van der Waals surface area contributed by atoms with Gasteiger partial charge in [0.05, 0.1) is 9.52 Å². The van der Waals surface area contributed by atoms with E-state index in [4.69, 9.17) is 0 Å². The second-order valence-corrected chi connectivity index (χ2v) is 15.3. The van der Waals surface area contributed by atoms with Gasteiger partial charge >= 0.3 is 21.7 Å². The minimum absolute atomic E-state index is 0. The van der Waals surface area contributed by atoms with Crippen molar-refractivity contribution < 1.29 is 21.7 Å². The van der Waals surface area contributed by atoms with Crippen molar-refractivity contribution >= 4 is 36.3 Å². The average Bonchev–Trinajstić information content (AvgIpc) is 3.65. The summed E-state index contributed by atoms with van der Waals surface area (Å²) in [5.41, 5.74) is 8.66. The van der Waals surface area contributed by atoms with Gasteiger partial charge in [-0.1, -0.05) is 172 Å². The van der Waals surface area contributed by atoms with E-state index in [9.17, 15) is 0 Å². The van der Waals surface area contributed by atoms with Gasteiger partial charge in [-0.2, -0.15) is 25.0 Å². The largest absolute Gasteiger partial charge is 4.00 e. The molecule has 5 rings (SSSR count). The smallest absolute Gasteiger partial charge is 0.343 e. The molecule has 0 aliphatic heterocycles. The molecule has 0 fully saturated rings. The van der Waals surface area contributed by atoms with Gasteiger partial charge in [0, 0.05) is 0 Å². The van der Waals surface area contributed by atoms with Crippen molar-refractivity contribution in [3.8, 4) is 0 Å². The molecule has 49 heavy (non-hydrogen) atoms. The first-order valence-corrected chi connectivity index (χ1v) is 20.0.